The monoisotopic (exact) mass is 316 g/mol. The van der Waals surface area contributed by atoms with Crippen LogP contribution in [0.25, 0.3) is 11.3 Å². The van der Waals surface area contributed by atoms with Crippen LogP contribution in [0.4, 0.5) is 5.69 Å². The van der Waals surface area contributed by atoms with Gasteiger partial charge in [-0.15, -0.1) is 0 Å². The summed E-state index contributed by atoms with van der Waals surface area (Å²) in [5.74, 6) is 0. The van der Waals surface area contributed by atoms with E-state index in [1.165, 1.54) is 18.2 Å². The van der Waals surface area contributed by atoms with Crippen molar-refractivity contribution in [1.82, 2.24) is 5.16 Å². The number of nitrogens with one attached hydrogen (secondary N) is 2. The first-order valence-electron chi connectivity index (χ1n) is 6.41. The predicted molar refractivity (Wildman–Crippen MR) is 82.0 cm³/mol. The summed E-state index contributed by atoms with van der Waals surface area (Å²) in [5.41, 5.74) is 1.21. The van der Waals surface area contributed by atoms with Crippen LogP contribution in [0.1, 0.15) is 0 Å². The van der Waals surface area contributed by atoms with Gasteiger partial charge in [-0.05, 0) is 24.3 Å². The lowest BCUT2D eigenvalue weighted by molar-refractivity contribution is 0.394. The Morgan fingerprint density at radius 1 is 0.955 bits per heavy atom. The van der Waals surface area contributed by atoms with Crippen molar-refractivity contribution in [1.29, 1.82) is 0 Å². The topological polar surface area (TPSA) is 92.2 Å². The second-order valence-corrected chi connectivity index (χ2v) is 6.26. The van der Waals surface area contributed by atoms with Crippen molar-refractivity contribution in [3.8, 4) is 11.3 Å². The number of aromatic amines is 1. The highest BCUT2D eigenvalue weighted by molar-refractivity contribution is 7.92. The highest BCUT2D eigenvalue weighted by atomic mass is 32.2. The van der Waals surface area contributed by atoms with E-state index < -0.39 is 15.6 Å². The number of hydrogen-bond acceptors (Lipinski definition) is 4. The molecule has 0 spiro atoms. The van der Waals surface area contributed by atoms with Gasteiger partial charge < -0.3 is 4.52 Å². The van der Waals surface area contributed by atoms with Crippen LogP contribution in [0.2, 0.25) is 0 Å². The summed E-state index contributed by atoms with van der Waals surface area (Å²) in [6.45, 7) is 0. The van der Waals surface area contributed by atoms with Crippen LogP contribution in [0.5, 0.6) is 0 Å². The van der Waals surface area contributed by atoms with E-state index in [1.54, 1.807) is 42.5 Å². The molecule has 112 valence electrons. The summed E-state index contributed by atoms with van der Waals surface area (Å²) >= 11 is 0. The number of sulfonamides is 1. The second-order valence-electron chi connectivity index (χ2n) is 4.58. The van der Waals surface area contributed by atoms with Crippen LogP contribution in [-0.2, 0) is 10.0 Å². The van der Waals surface area contributed by atoms with Crippen LogP contribution >= 0.6 is 0 Å². The fourth-order valence-corrected chi connectivity index (χ4v) is 3.04. The van der Waals surface area contributed by atoms with Gasteiger partial charge in [0.05, 0.1) is 16.7 Å². The number of anilines is 1. The summed E-state index contributed by atoms with van der Waals surface area (Å²) in [7, 11) is -3.61. The van der Waals surface area contributed by atoms with Crippen molar-refractivity contribution >= 4 is 15.7 Å². The molecule has 3 rings (SSSR count). The summed E-state index contributed by atoms with van der Waals surface area (Å²) < 4.78 is 31.5. The minimum absolute atomic E-state index is 0.193. The third-order valence-corrected chi connectivity index (χ3v) is 4.42. The lowest BCUT2D eigenvalue weighted by Gasteiger charge is -2.08. The first kappa shape index (κ1) is 14.2. The molecule has 0 bridgehead atoms. The first-order chi connectivity index (χ1) is 10.5. The number of aromatic nitrogens is 1. The average Bonchev–Trinajstić information content (AvgIpc) is 2.95. The van der Waals surface area contributed by atoms with Gasteiger partial charge in [-0.1, -0.05) is 30.3 Å². The highest BCUT2D eigenvalue weighted by Crippen LogP contribution is 2.20. The van der Waals surface area contributed by atoms with Crippen molar-refractivity contribution in [3.63, 3.8) is 0 Å². The molecule has 0 atom stereocenters. The van der Waals surface area contributed by atoms with Gasteiger partial charge in [0.15, 0.2) is 0 Å². The molecule has 0 saturated carbocycles. The van der Waals surface area contributed by atoms with Gasteiger partial charge >= 0.3 is 5.63 Å². The van der Waals surface area contributed by atoms with Crippen molar-refractivity contribution in [2.45, 2.75) is 4.90 Å². The maximum Gasteiger partial charge on any atom is 0.357 e. The number of H-pyrrole nitrogens is 1. The normalized spacial score (nSPS) is 11.3. The number of benzene rings is 2. The molecule has 0 saturated heterocycles. The van der Waals surface area contributed by atoms with Gasteiger partial charge in [-0.2, -0.15) is 0 Å². The molecule has 1 aromatic heterocycles. The molecular formula is C15H12N2O4S. The minimum Gasteiger partial charge on any atom is -0.339 e. The van der Waals surface area contributed by atoms with E-state index in [0.717, 1.165) is 0 Å². The zero-order chi connectivity index (χ0) is 15.6. The third-order valence-electron chi connectivity index (χ3n) is 3.03. The highest BCUT2D eigenvalue weighted by Gasteiger charge is 2.13. The van der Waals surface area contributed by atoms with Gasteiger partial charge in [0.25, 0.3) is 10.0 Å². The van der Waals surface area contributed by atoms with E-state index >= 15 is 0 Å². The van der Waals surface area contributed by atoms with Gasteiger partial charge in [-0.3, -0.25) is 4.72 Å². The Hall–Kier alpha value is -2.80. The molecule has 0 amide bonds. The first-order valence-corrected chi connectivity index (χ1v) is 7.90. The molecule has 0 radical (unpaired) electrons. The molecule has 0 aliphatic rings. The fourth-order valence-electron chi connectivity index (χ4n) is 1.96. The predicted octanol–water partition coefficient (Wildman–Crippen LogP) is 2.44. The molecule has 7 heteroatoms. The Morgan fingerprint density at radius 2 is 1.64 bits per heavy atom. The van der Waals surface area contributed by atoms with E-state index in [2.05, 4.69) is 14.4 Å². The summed E-state index contributed by atoms with van der Waals surface area (Å²) in [6.07, 6.45) is 0. The second kappa shape index (κ2) is 5.53. The lowest BCUT2D eigenvalue weighted by atomic mass is 10.1. The van der Waals surface area contributed by atoms with Crippen LogP contribution in [0.15, 0.2) is 74.9 Å². The van der Waals surface area contributed by atoms with Crippen molar-refractivity contribution in [2.24, 2.45) is 0 Å². The van der Waals surface area contributed by atoms with E-state index in [0.29, 0.717) is 16.9 Å². The summed E-state index contributed by atoms with van der Waals surface area (Å²) in [5, 5.41) is 2.49. The van der Waals surface area contributed by atoms with Crippen LogP contribution in [0, 0.1) is 0 Å². The van der Waals surface area contributed by atoms with E-state index in [9.17, 15) is 13.2 Å². The Balaban J connectivity index is 1.83. The summed E-state index contributed by atoms with van der Waals surface area (Å²) in [4.78, 5) is 11.2. The van der Waals surface area contributed by atoms with E-state index in [1.807, 2.05) is 0 Å². The van der Waals surface area contributed by atoms with Crippen LogP contribution in [-0.4, -0.2) is 13.6 Å². The number of hydrogen-bond donors (Lipinski definition) is 2. The van der Waals surface area contributed by atoms with Crippen molar-refractivity contribution in [3.05, 3.63) is 71.1 Å². The standard InChI is InChI=1S/C15H12N2O4S/c18-15-10-14(16-21-15)11-6-8-12(9-7-11)17-22(19,20)13-4-2-1-3-5-13/h1-10,16-17H. The molecule has 0 unspecified atom stereocenters. The molecule has 0 fully saturated rings. The van der Waals surface area contributed by atoms with E-state index in [-0.39, 0.29) is 4.90 Å². The van der Waals surface area contributed by atoms with Crippen molar-refractivity contribution in [2.75, 3.05) is 4.72 Å². The summed E-state index contributed by atoms with van der Waals surface area (Å²) in [6, 6.07) is 16.0. The van der Waals surface area contributed by atoms with Gasteiger partial charge in [-0.25, -0.2) is 18.4 Å². The van der Waals surface area contributed by atoms with Crippen LogP contribution in [0.3, 0.4) is 0 Å². The van der Waals surface area contributed by atoms with Gasteiger partial charge in [0.1, 0.15) is 0 Å². The van der Waals surface area contributed by atoms with Gasteiger partial charge in [0, 0.05) is 11.3 Å². The third kappa shape index (κ3) is 2.94. The number of rotatable bonds is 4. The maximum atomic E-state index is 12.2. The maximum absolute atomic E-state index is 12.2. The molecule has 2 N–H and O–H groups in total. The molecular weight excluding hydrogens is 304 g/mol. The Labute approximate surface area is 126 Å². The Bertz CT molecular complexity index is 925. The average molecular weight is 316 g/mol. The SMILES string of the molecule is O=c1cc(-c2ccc(NS(=O)(=O)c3ccccc3)cc2)[nH]o1. The van der Waals surface area contributed by atoms with Crippen LogP contribution < -0.4 is 10.3 Å². The van der Waals surface area contributed by atoms with E-state index in [4.69, 9.17) is 0 Å². The minimum atomic E-state index is -3.61. The lowest BCUT2D eigenvalue weighted by Crippen LogP contribution is -2.12. The zero-order valence-corrected chi connectivity index (χ0v) is 12.1. The quantitative estimate of drug-likeness (QED) is 0.773. The Kier molecular flexibility index (Phi) is 3.56. The molecule has 6 nitrogen and oxygen atoms in total. The molecule has 1 heterocycles. The molecule has 0 aliphatic carbocycles. The van der Waals surface area contributed by atoms with Crippen molar-refractivity contribution < 1.29 is 12.9 Å². The fraction of sp³-hybridized carbons (Fsp3) is 0. The Morgan fingerprint density at radius 3 is 2.23 bits per heavy atom. The zero-order valence-electron chi connectivity index (χ0n) is 11.3. The molecule has 3 aromatic rings. The molecule has 0 aliphatic heterocycles. The largest absolute Gasteiger partial charge is 0.357 e. The van der Waals surface area contributed by atoms with Gasteiger partial charge in [0.2, 0.25) is 0 Å². The molecule has 2 aromatic carbocycles. The molecule has 22 heavy (non-hydrogen) atoms. The smallest absolute Gasteiger partial charge is 0.339 e.